The van der Waals surface area contributed by atoms with Gasteiger partial charge in [0.1, 0.15) is 0 Å². The van der Waals surface area contributed by atoms with Crippen LogP contribution in [-0.2, 0) is 32.5 Å². The number of carboxylic acids is 1. The molecule has 0 spiro atoms. The van der Waals surface area contributed by atoms with Gasteiger partial charge in [0.05, 0.1) is 0 Å². The molecule has 1 N–H and O–H groups in total. The van der Waals surface area contributed by atoms with Crippen LogP contribution in [0.1, 0.15) is 25.7 Å². The van der Waals surface area contributed by atoms with Crippen molar-refractivity contribution >= 4 is 5.97 Å². The average Bonchev–Trinajstić information content (AvgIpc) is 1.90. The fourth-order valence-electron chi connectivity index (χ4n) is 1.03. The van der Waals surface area contributed by atoms with Gasteiger partial charge in [-0.25, -0.2) is 4.79 Å². The van der Waals surface area contributed by atoms with Crippen LogP contribution in [0.5, 0.6) is 0 Å². The van der Waals surface area contributed by atoms with E-state index < -0.39 is 5.97 Å². The molecule has 1 aliphatic rings. The van der Waals surface area contributed by atoms with Gasteiger partial charge in [0.2, 0.25) is 0 Å². The Kier molecular flexibility index (Phi) is 4.96. The second kappa shape index (κ2) is 4.88. The van der Waals surface area contributed by atoms with Crippen LogP contribution in [0.4, 0.5) is 0 Å². The van der Waals surface area contributed by atoms with Crippen molar-refractivity contribution in [1.82, 2.24) is 0 Å². The summed E-state index contributed by atoms with van der Waals surface area (Å²) < 4.78 is 0. The number of hydrogen-bond acceptors (Lipinski definition) is 1. The van der Waals surface area contributed by atoms with Gasteiger partial charge >= 0.3 is 5.97 Å². The van der Waals surface area contributed by atoms with Crippen molar-refractivity contribution in [3.8, 4) is 0 Å². The van der Waals surface area contributed by atoms with E-state index in [-0.39, 0.29) is 27.7 Å². The first kappa shape index (κ1) is 10.1. The fraction of sp³-hybridized carbons (Fsp3) is 0.571. The minimum absolute atomic E-state index is 0. The minimum atomic E-state index is -0.741. The number of allylic oxidation sites excluding steroid dienone is 1. The van der Waals surface area contributed by atoms with Gasteiger partial charge in [-0.15, -0.1) is 0 Å². The Labute approximate surface area is 80.8 Å². The Morgan fingerprint density at radius 3 is 2.50 bits per heavy atom. The van der Waals surface area contributed by atoms with Crippen LogP contribution in [0, 0.1) is 0 Å². The first-order chi connectivity index (χ1) is 4.30. The molecule has 0 aliphatic heterocycles. The number of aliphatic carboxylic acids is 1. The molecule has 0 aromatic carbocycles. The Morgan fingerprint density at radius 1 is 1.50 bits per heavy atom. The molecule has 0 aromatic rings. The summed E-state index contributed by atoms with van der Waals surface area (Å²) in [4.78, 5) is 10.3. The molecule has 0 bridgehead atoms. The Hall–Kier alpha value is 0.145. The van der Waals surface area contributed by atoms with E-state index in [1.165, 1.54) is 0 Å². The van der Waals surface area contributed by atoms with Crippen molar-refractivity contribution in [2.45, 2.75) is 25.7 Å². The zero-order valence-electron chi connectivity index (χ0n) is 5.97. The summed E-state index contributed by atoms with van der Waals surface area (Å²) in [7, 11) is 0. The normalized spacial score (nSPS) is 17.0. The molecule has 0 heterocycles. The molecule has 1 aliphatic carbocycles. The standard InChI is InChI=1S/C7H10O2.Hg/c8-7(9)6-4-2-1-3-5-6;/h4H,1-3,5H2,(H,8,9);. The third kappa shape index (κ3) is 2.82. The van der Waals surface area contributed by atoms with E-state index >= 15 is 0 Å². The monoisotopic (exact) mass is 328 g/mol. The second-order valence-electron chi connectivity index (χ2n) is 2.28. The molecule has 10 heavy (non-hydrogen) atoms. The first-order valence-corrected chi connectivity index (χ1v) is 3.23. The topological polar surface area (TPSA) is 37.3 Å². The fourth-order valence-corrected chi connectivity index (χ4v) is 1.03. The predicted octanol–water partition coefficient (Wildman–Crippen LogP) is 1.57. The van der Waals surface area contributed by atoms with E-state index in [2.05, 4.69) is 0 Å². The van der Waals surface area contributed by atoms with E-state index in [1.54, 1.807) is 0 Å². The van der Waals surface area contributed by atoms with Crippen LogP contribution in [0.15, 0.2) is 11.6 Å². The Bertz CT molecular complexity index is 152. The number of carbonyl (C=O) groups is 1. The summed E-state index contributed by atoms with van der Waals surface area (Å²) in [5, 5.41) is 8.47. The minimum Gasteiger partial charge on any atom is -0.478 e. The molecule has 0 aromatic heterocycles. The number of rotatable bonds is 1. The summed E-state index contributed by atoms with van der Waals surface area (Å²) in [6.07, 6.45) is 5.72. The van der Waals surface area contributed by atoms with Crippen LogP contribution in [-0.4, -0.2) is 11.1 Å². The van der Waals surface area contributed by atoms with Gasteiger partial charge in [-0.2, -0.15) is 0 Å². The number of hydrogen-bond donors (Lipinski definition) is 1. The van der Waals surface area contributed by atoms with Gasteiger partial charge in [0, 0.05) is 33.2 Å². The maximum atomic E-state index is 10.3. The second-order valence-corrected chi connectivity index (χ2v) is 2.28. The van der Waals surface area contributed by atoms with Crippen molar-refractivity contribution in [2.75, 3.05) is 0 Å². The van der Waals surface area contributed by atoms with Gasteiger partial charge in [-0.1, -0.05) is 6.08 Å². The molecule has 1 rings (SSSR count). The van der Waals surface area contributed by atoms with Crippen LogP contribution in [0.2, 0.25) is 0 Å². The zero-order valence-corrected chi connectivity index (χ0v) is 11.5. The third-order valence-electron chi connectivity index (χ3n) is 1.57. The maximum absolute atomic E-state index is 10.3. The van der Waals surface area contributed by atoms with Crippen molar-refractivity contribution in [3.05, 3.63) is 11.6 Å². The molecule has 0 radical (unpaired) electrons. The van der Waals surface area contributed by atoms with E-state index in [9.17, 15) is 4.79 Å². The Balaban J connectivity index is 0.000000810. The van der Waals surface area contributed by atoms with E-state index in [0.717, 1.165) is 25.7 Å². The van der Waals surface area contributed by atoms with Gasteiger partial charge in [0.15, 0.2) is 0 Å². The van der Waals surface area contributed by atoms with Crippen molar-refractivity contribution in [2.24, 2.45) is 0 Å². The summed E-state index contributed by atoms with van der Waals surface area (Å²) in [6, 6.07) is 0. The molecule has 0 saturated carbocycles. The summed E-state index contributed by atoms with van der Waals surface area (Å²) in [5.41, 5.74) is 0.598. The molecular formula is C7H10HgO2. The quantitative estimate of drug-likeness (QED) is 0.743. The third-order valence-corrected chi connectivity index (χ3v) is 1.57. The van der Waals surface area contributed by atoms with Crippen LogP contribution >= 0.6 is 0 Å². The smallest absolute Gasteiger partial charge is 0.331 e. The van der Waals surface area contributed by atoms with Crippen molar-refractivity contribution in [3.63, 3.8) is 0 Å². The summed E-state index contributed by atoms with van der Waals surface area (Å²) in [5.74, 6) is -0.741. The van der Waals surface area contributed by atoms with E-state index in [4.69, 9.17) is 5.11 Å². The molecule has 0 amide bonds. The molecule has 0 saturated heterocycles. The van der Waals surface area contributed by atoms with Gasteiger partial charge < -0.3 is 5.11 Å². The molecule has 3 heteroatoms. The maximum Gasteiger partial charge on any atom is 0.331 e. The van der Waals surface area contributed by atoms with Gasteiger partial charge in [-0.3, -0.25) is 0 Å². The molecule has 0 fully saturated rings. The zero-order chi connectivity index (χ0) is 6.69. The Morgan fingerprint density at radius 2 is 2.20 bits per heavy atom. The molecule has 0 unspecified atom stereocenters. The van der Waals surface area contributed by atoms with E-state index in [0.29, 0.717) is 5.57 Å². The van der Waals surface area contributed by atoms with Crippen LogP contribution in [0.3, 0.4) is 0 Å². The van der Waals surface area contributed by atoms with Crippen LogP contribution in [0.25, 0.3) is 0 Å². The largest absolute Gasteiger partial charge is 0.478 e. The van der Waals surface area contributed by atoms with Gasteiger partial charge in [-0.05, 0) is 25.7 Å². The predicted molar refractivity (Wildman–Crippen MR) is 34.2 cm³/mol. The molecule has 2 nitrogen and oxygen atoms in total. The number of carboxylic acid groups (broad SMARTS) is 1. The average molecular weight is 327 g/mol. The van der Waals surface area contributed by atoms with Crippen molar-refractivity contribution in [1.29, 1.82) is 0 Å². The molecule has 52 valence electrons. The van der Waals surface area contributed by atoms with Crippen LogP contribution < -0.4 is 0 Å². The SMILES string of the molecule is O=C(O)C1=CCCCC1.[Hg]. The van der Waals surface area contributed by atoms with E-state index in [1.807, 2.05) is 6.08 Å². The first-order valence-electron chi connectivity index (χ1n) is 3.23. The van der Waals surface area contributed by atoms with Gasteiger partial charge in [0.25, 0.3) is 0 Å². The van der Waals surface area contributed by atoms with Crippen molar-refractivity contribution < 1.29 is 37.6 Å². The molecular weight excluding hydrogens is 317 g/mol. The molecule has 0 atom stereocenters. The summed E-state index contributed by atoms with van der Waals surface area (Å²) >= 11 is 0. The summed E-state index contributed by atoms with van der Waals surface area (Å²) in [6.45, 7) is 0.